The molecule has 3 aromatic rings. The van der Waals surface area contributed by atoms with E-state index in [1.54, 1.807) is 23.6 Å². The Morgan fingerprint density at radius 2 is 2.12 bits per heavy atom. The first kappa shape index (κ1) is 9.94. The highest BCUT2D eigenvalue weighted by Crippen LogP contribution is 2.29. The van der Waals surface area contributed by atoms with Crippen LogP contribution in [0.5, 0.6) is 0 Å². The number of hydrogen-bond acceptors (Lipinski definition) is 4. The lowest BCUT2D eigenvalue weighted by Crippen LogP contribution is -1.79. The van der Waals surface area contributed by atoms with E-state index in [0.717, 1.165) is 20.9 Å². The summed E-state index contributed by atoms with van der Waals surface area (Å²) >= 11 is 1.59. The van der Waals surface area contributed by atoms with Gasteiger partial charge in [-0.25, -0.2) is 4.98 Å². The van der Waals surface area contributed by atoms with Gasteiger partial charge in [-0.15, -0.1) is 11.3 Å². The van der Waals surface area contributed by atoms with Crippen molar-refractivity contribution in [1.29, 1.82) is 5.26 Å². The van der Waals surface area contributed by atoms with E-state index in [9.17, 15) is 0 Å². The number of nitrogens with zero attached hydrogens (tertiary/aromatic N) is 3. The van der Waals surface area contributed by atoms with Crippen molar-refractivity contribution in [2.75, 3.05) is 0 Å². The fourth-order valence-corrected chi connectivity index (χ4v) is 2.52. The van der Waals surface area contributed by atoms with Crippen LogP contribution in [0.2, 0.25) is 0 Å². The van der Waals surface area contributed by atoms with Crippen molar-refractivity contribution in [3.63, 3.8) is 0 Å². The largest absolute Gasteiger partial charge is 0.254 e. The molecule has 0 aliphatic carbocycles. The third-order valence-corrected chi connectivity index (χ3v) is 3.46. The number of hydrogen-bond donors (Lipinski definition) is 0. The van der Waals surface area contributed by atoms with Crippen LogP contribution in [0, 0.1) is 11.3 Å². The third-order valence-electron chi connectivity index (χ3n) is 2.40. The summed E-state index contributed by atoms with van der Waals surface area (Å²) in [6.07, 6.45) is 1.75. The van der Waals surface area contributed by atoms with Crippen LogP contribution in [-0.2, 0) is 0 Å². The lowest BCUT2D eigenvalue weighted by Gasteiger charge is -1.91. The van der Waals surface area contributed by atoms with E-state index in [2.05, 4.69) is 16.0 Å². The van der Waals surface area contributed by atoms with E-state index in [-0.39, 0.29) is 0 Å². The smallest absolute Gasteiger partial charge is 0.143 e. The second-order valence-electron chi connectivity index (χ2n) is 3.53. The summed E-state index contributed by atoms with van der Waals surface area (Å²) in [4.78, 5) is 8.77. The van der Waals surface area contributed by atoms with Gasteiger partial charge in [-0.1, -0.05) is 6.07 Å². The molecule has 2 aromatic heterocycles. The predicted molar refractivity (Wildman–Crippen MR) is 67.6 cm³/mol. The first-order valence-electron chi connectivity index (χ1n) is 5.09. The zero-order chi connectivity index (χ0) is 11.7. The molecule has 0 fully saturated rings. The molecule has 0 amide bonds. The second kappa shape index (κ2) is 3.96. The van der Waals surface area contributed by atoms with Crippen LogP contribution in [0.25, 0.3) is 20.9 Å². The molecule has 1 aromatic carbocycles. The van der Waals surface area contributed by atoms with E-state index < -0.39 is 0 Å². The molecule has 3 nitrogen and oxygen atoms in total. The number of fused-ring (bicyclic) bond motifs is 1. The Bertz CT molecular complexity index is 710. The van der Waals surface area contributed by atoms with Crippen LogP contribution in [0.4, 0.5) is 0 Å². The zero-order valence-electron chi connectivity index (χ0n) is 8.79. The van der Waals surface area contributed by atoms with E-state index in [4.69, 9.17) is 5.26 Å². The van der Waals surface area contributed by atoms with Crippen LogP contribution in [0.3, 0.4) is 0 Å². The summed E-state index contributed by atoms with van der Waals surface area (Å²) < 4.78 is 1.07. The van der Waals surface area contributed by atoms with Gasteiger partial charge in [-0.3, -0.25) is 4.98 Å². The molecule has 0 saturated heterocycles. The maximum atomic E-state index is 8.83. The quantitative estimate of drug-likeness (QED) is 0.652. The maximum Gasteiger partial charge on any atom is 0.143 e. The summed E-state index contributed by atoms with van der Waals surface area (Å²) in [5, 5.41) is 9.72. The Balaban J connectivity index is 2.18. The average molecular weight is 237 g/mol. The molecule has 0 bridgehead atoms. The molecule has 0 atom stereocenters. The van der Waals surface area contributed by atoms with Gasteiger partial charge in [0, 0.05) is 6.20 Å². The molecular weight excluding hydrogens is 230 g/mol. The molecule has 0 aliphatic rings. The van der Waals surface area contributed by atoms with Gasteiger partial charge >= 0.3 is 0 Å². The number of thiazole rings is 1. The van der Waals surface area contributed by atoms with Crippen LogP contribution < -0.4 is 0 Å². The molecule has 0 aliphatic heterocycles. The minimum atomic E-state index is 0.635. The Labute approximate surface area is 102 Å². The van der Waals surface area contributed by atoms with E-state index in [0.29, 0.717) is 5.56 Å². The summed E-state index contributed by atoms with van der Waals surface area (Å²) in [5.41, 5.74) is 2.36. The van der Waals surface area contributed by atoms with Crippen molar-refractivity contribution in [2.45, 2.75) is 0 Å². The van der Waals surface area contributed by atoms with Gasteiger partial charge < -0.3 is 0 Å². The molecule has 3 rings (SSSR count). The molecule has 2 heterocycles. The lowest BCUT2D eigenvalue weighted by molar-refractivity contribution is 1.31. The second-order valence-corrected chi connectivity index (χ2v) is 4.56. The van der Waals surface area contributed by atoms with Gasteiger partial charge in [0.15, 0.2) is 0 Å². The molecule has 0 radical (unpaired) electrons. The van der Waals surface area contributed by atoms with Gasteiger partial charge in [-0.05, 0) is 30.3 Å². The van der Waals surface area contributed by atoms with Crippen LogP contribution >= 0.6 is 11.3 Å². The highest BCUT2D eigenvalue weighted by Gasteiger charge is 2.07. The van der Waals surface area contributed by atoms with Crippen molar-refractivity contribution in [1.82, 2.24) is 9.97 Å². The van der Waals surface area contributed by atoms with Crippen molar-refractivity contribution >= 4 is 21.6 Å². The maximum absolute atomic E-state index is 8.83. The molecular formula is C13H7N3S. The number of nitriles is 1. The highest BCUT2D eigenvalue weighted by molar-refractivity contribution is 7.21. The first-order chi connectivity index (χ1) is 8.36. The fourth-order valence-electron chi connectivity index (χ4n) is 1.60. The summed E-state index contributed by atoms with van der Waals surface area (Å²) in [7, 11) is 0. The van der Waals surface area contributed by atoms with Crippen molar-refractivity contribution in [2.24, 2.45) is 0 Å². The lowest BCUT2D eigenvalue weighted by atomic mass is 10.2. The Hall–Kier alpha value is -2.25. The van der Waals surface area contributed by atoms with Crippen LogP contribution in [-0.4, -0.2) is 9.97 Å². The van der Waals surface area contributed by atoms with Crippen molar-refractivity contribution < 1.29 is 0 Å². The molecule has 0 saturated carbocycles. The number of benzene rings is 1. The van der Waals surface area contributed by atoms with Gasteiger partial charge in [0.1, 0.15) is 5.01 Å². The Morgan fingerprint density at radius 3 is 2.88 bits per heavy atom. The molecule has 0 spiro atoms. The number of pyridine rings is 1. The van der Waals surface area contributed by atoms with Crippen LogP contribution in [0.15, 0.2) is 42.6 Å². The molecule has 17 heavy (non-hydrogen) atoms. The summed E-state index contributed by atoms with van der Waals surface area (Å²) in [6.45, 7) is 0. The highest BCUT2D eigenvalue weighted by atomic mass is 32.1. The van der Waals surface area contributed by atoms with Gasteiger partial charge in [-0.2, -0.15) is 5.26 Å². The topological polar surface area (TPSA) is 49.6 Å². The van der Waals surface area contributed by atoms with Gasteiger partial charge in [0.05, 0.1) is 27.5 Å². The molecule has 4 heteroatoms. The van der Waals surface area contributed by atoms with E-state index in [1.165, 1.54) is 0 Å². The average Bonchev–Trinajstić information content (AvgIpc) is 2.82. The fraction of sp³-hybridized carbons (Fsp3) is 0. The van der Waals surface area contributed by atoms with Gasteiger partial charge in [0.25, 0.3) is 0 Å². The summed E-state index contributed by atoms with van der Waals surface area (Å²) in [5.74, 6) is 0. The van der Waals surface area contributed by atoms with Crippen LogP contribution in [0.1, 0.15) is 5.56 Å². The standard InChI is InChI=1S/C13H7N3S/c14-8-9-4-5-12-11(7-9)16-13(17-12)10-3-1-2-6-15-10/h1-7H. The normalized spacial score (nSPS) is 10.3. The minimum Gasteiger partial charge on any atom is -0.254 e. The van der Waals surface area contributed by atoms with E-state index in [1.807, 2.05) is 30.3 Å². The minimum absolute atomic E-state index is 0.635. The molecule has 80 valence electrons. The SMILES string of the molecule is N#Cc1ccc2sc(-c3ccccn3)nc2c1. The first-order valence-corrected chi connectivity index (χ1v) is 5.90. The molecule has 0 unspecified atom stereocenters. The zero-order valence-corrected chi connectivity index (χ0v) is 9.61. The van der Waals surface area contributed by atoms with E-state index >= 15 is 0 Å². The number of aromatic nitrogens is 2. The predicted octanol–water partition coefficient (Wildman–Crippen LogP) is 3.23. The third kappa shape index (κ3) is 1.77. The van der Waals surface area contributed by atoms with Crippen molar-refractivity contribution in [3.05, 3.63) is 48.2 Å². The summed E-state index contributed by atoms with van der Waals surface area (Å²) in [6, 6.07) is 13.4. The Kier molecular flexibility index (Phi) is 2.32. The monoisotopic (exact) mass is 237 g/mol. The Morgan fingerprint density at radius 1 is 1.18 bits per heavy atom. The number of rotatable bonds is 1. The van der Waals surface area contributed by atoms with Gasteiger partial charge in [0.2, 0.25) is 0 Å². The van der Waals surface area contributed by atoms with Crippen molar-refractivity contribution in [3.8, 4) is 16.8 Å². The molecule has 0 N–H and O–H groups in total.